The van der Waals surface area contributed by atoms with Crippen LogP contribution in [0.4, 0.5) is 0 Å². The van der Waals surface area contributed by atoms with Crippen LogP contribution in [0, 0.1) is 0 Å². The molecule has 202 valence electrons. The molecule has 5 rings (SSSR count). The summed E-state index contributed by atoms with van der Waals surface area (Å²) in [6.45, 7) is 0. The van der Waals surface area contributed by atoms with Crippen molar-refractivity contribution in [3.63, 3.8) is 0 Å². The minimum Gasteiger partial charge on any atom is -0.748 e. The molecular formula is C32H31FeNO4-6. The number of nitrogens with zero attached hydrogens (tertiary/aromatic N) is 1. The molecule has 1 fully saturated rings. The fourth-order valence-electron chi connectivity index (χ4n) is 4.56. The Morgan fingerprint density at radius 3 is 1.71 bits per heavy atom. The third-order valence-electron chi connectivity index (χ3n) is 6.42. The number of amides is 2. The fourth-order valence-corrected chi connectivity index (χ4v) is 4.56. The van der Waals surface area contributed by atoms with Gasteiger partial charge in [-0.15, -0.1) is 5.56 Å². The molecule has 0 aromatic heterocycles. The zero-order valence-electron chi connectivity index (χ0n) is 21.0. The molecule has 1 unspecified atom stereocenters. The van der Waals surface area contributed by atoms with E-state index in [-0.39, 0.29) is 46.4 Å². The quantitative estimate of drug-likeness (QED) is 0.111. The van der Waals surface area contributed by atoms with Crippen LogP contribution in [-0.2, 0) is 26.7 Å². The zero-order valence-corrected chi connectivity index (χ0v) is 22.1. The molecule has 0 aliphatic carbocycles. The summed E-state index contributed by atoms with van der Waals surface area (Å²) in [6.07, 6.45) is 4.96. The molecule has 2 N–H and O–H groups in total. The molecule has 0 spiro atoms. The van der Waals surface area contributed by atoms with E-state index < -0.39 is 0 Å². The Labute approximate surface area is 234 Å². The van der Waals surface area contributed by atoms with Gasteiger partial charge in [0.15, 0.2) is 0 Å². The van der Waals surface area contributed by atoms with E-state index >= 15 is 0 Å². The third-order valence-corrected chi connectivity index (χ3v) is 6.42. The van der Waals surface area contributed by atoms with Gasteiger partial charge in [0.1, 0.15) is 11.5 Å². The predicted molar refractivity (Wildman–Crippen MR) is 145 cm³/mol. The van der Waals surface area contributed by atoms with Gasteiger partial charge in [0.05, 0.1) is 0 Å². The maximum atomic E-state index is 12.3. The molecule has 5 nitrogen and oxygen atoms in total. The van der Waals surface area contributed by atoms with E-state index in [1.54, 1.807) is 24.3 Å². The largest absolute Gasteiger partial charge is 0.748 e. The van der Waals surface area contributed by atoms with Crippen molar-refractivity contribution in [1.29, 1.82) is 0 Å². The van der Waals surface area contributed by atoms with Crippen molar-refractivity contribution in [3.8, 4) is 11.5 Å². The number of likely N-dealkylation sites (tertiary alicyclic amines) is 1. The van der Waals surface area contributed by atoms with Crippen LogP contribution in [-0.4, -0.2) is 26.9 Å². The molecular weight excluding hydrogens is 518 g/mol. The molecule has 0 radical (unpaired) electrons. The number of rotatable bonds is 8. The average molecular weight is 549 g/mol. The average Bonchev–Trinajstić information content (AvgIpc) is 3.70. The van der Waals surface area contributed by atoms with Crippen LogP contribution in [0.15, 0.2) is 109 Å². The van der Waals surface area contributed by atoms with Crippen LogP contribution in [0.25, 0.3) is 5.57 Å². The van der Waals surface area contributed by atoms with Gasteiger partial charge in [0.25, 0.3) is 0 Å². The van der Waals surface area contributed by atoms with Crippen LogP contribution in [0.2, 0.25) is 0 Å². The Balaban J connectivity index is 0.000000598. The first-order valence-electron chi connectivity index (χ1n) is 12.5. The summed E-state index contributed by atoms with van der Waals surface area (Å²) in [5.74, 6) is 0.226. The van der Waals surface area contributed by atoms with Gasteiger partial charge in [0.2, 0.25) is 11.8 Å². The summed E-state index contributed by atoms with van der Waals surface area (Å²) in [6, 6.07) is 31.6. The van der Waals surface area contributed by atoms with Crippen LogP contribution < -0.4 is 0 Å². The molecule has 1 atom stereocenters. The standard InChI is InChI=1S/C27H26NO4.C5H5.Fe/c29-22-13-9-19(10-14-22)24(20-11-15-23(30)16-12-20)7-3-4-8-25(21-5-1-2-6-21)28-26(31)17-18-27(28)32;1-2-4-5-3-1;/h1-2,5-7,9-16,25,29-30H,3-4,8,17-18H2;1-5H;/q-1;-5;. The summed E-state index contributed by atoms with van der Waals surface area (Å²) in [5, 5.41) is 19.3. The van der Waals surface area contributed by atoms with Gasteiger partial charge >= 0.3 is 0 Å². The number of hydrogen-bond donors (Lipinski definition) is 2. The van der Waals surface area contributed by atoms with Gasteiger partial charge in [-0.05, 0) is 60.2 Å². The number of phenols is 2. The van der Waals surface area contributed by atoms with Crippen molar-refractivity contribution in [2.75, 3.05) is 0 Å². The first-order chi connectivity index (χ1) is 18.0. The maximum Gasteiger partial charge on any atom is 0.229 e. The van der Waals surface area contributed by atoms with Gasteiger partial charge in [-0.1, -0.05) is 30.3 Å². The number of aromatic hydroxyl groups is 2. The van der Waals surface area contributed by atoms with E-state index in [2.05, 4.69) is 6.08 Å². The molecule has 1 aliphatic rings. The monoisotopic (exact) mass is 549 g/mol. The number of benzene rings is 2. The molecule has 1 saturated heterocycles. The smallest absolute Gasteiger partial charge is 0.229 e. The number of imide groups is 1. The number of allylic oxidation sites excluding steroid dienone is 1. The summed E-state index contributed by atoms with van der Waals surface area (Å²) >= 11 is 0. The molecule has 6 heteroatoms. The third kappa shape index (κ3) is 7.58. The summed E-state index contributed by atoms with van der Waals surface area (Å²) < 4.78 is 0. The first-order valence-corrected chi connectivity index (χ1v) is 12.5. The van der Waals surface area contributed by atoms with Crippen molar-refractivity contribution in [2.24, 2.45) is 0 Å². The van der Waals surface area contributed by atoms with Crippen molar-refractivity contribution >= 4 is 17.4 Å². The normalized spacial score (nSPS) is 13.3. The Morgan fingerprint density at radius 2 is 1.26 bits per heavy atom. The van der Waals surface area contributed by atoms with E-state index in [9.17, 15) is 19.8 Å². The molecule has 1 aliphatic heterocycles. The van der Waals surface area contributed by atoms with Crippen LogP contribution in [0.5, 0.6) is 11.5 Å². The molecule has 1 heterocycles. The van der Waals surface area contributed by atoms with E-state index in [0.29, 0.717) is 19.3 Å². The SMILES string of the molecule is O=C1CCC(=O)N1C(CCCC=C(c1ccc(O)cc1)c1ccc(O)cc1)[c-]1cccc1.[Fe].[cH-]1[cH-][cH-][cH-][cH-]1. The van der Waals surface area contributed by atoms with Crippen molar-refractivity contribution in [2.45, 2.75) is 38.1 Å². The van der Waals surface area contributed by atoms with Crippen molar-refractivity contribution in [1.82, 2.24) is 4.90 Å². The summed E-state index contributed by atoms with van der Waals surface area (Å²) in [4.78, 5) is 26.1. The van der Waals surface area contributed by atoms with E-state index in [1.165, 1.54) is 4.90 Å². The first kappa shape index (κ1) is 28.7. The second-order valence-electron chi connectivity index (χ2n) is 9.00. The van der Waals surface area contributed by atoms with Crippen LogP contribution >= 0.6 is 0 Å². The van der Waals surface area contributed by atoms with Gasteiger partial charge < -0.3 is 40.5 Å². The number of unbranched alkanes of at least 4 members (excludes halogenated alkanes) is 1. The minimum atomic E-state index is -0.230. The van der Waals surface area contributed by atoms with Crippen LogP contribution in [0.1, 0.15) is 54.8 Å². The van der Waals surface area contributed by atoms with Gasteiger partial charge in [-0.25, -0.2) is 12.1 Å². The van der Waals surface area contributed by atoms with Crippen LogP contribution in [0.3, 0.4) is 0 Å². The van der Waals surface area contributed by atoms with Crippen molar-refractivity contribution < 1.29 is 36.9 Å². The number of carbonyl (C=O) groups excluding carboxylic acids is 2. The molecule has 38 heavy (non-hydrogen) atoms. The minimum absolute atomic E-state index is 0. The number of carbonyl (C=O) groups is 2. The molecule has 0 saturated carbocycles. The van der Waals surface area contributed by atoms with E-state index in [1.807, 2.05) is 78.9 Å². The summed E-state index contributed by atoms with van der Waals surface area (Å²) in [7, 11) is 0. The fraction of sp³-hybridized carbons (Fsp3) is 0.188. The predicted octanol–water partition coefficient (Wildman–Crippen LogP) is 6.71. The summed E-state index contributed by atoms with van der Waals surface area (Å²) in [5.41, 5.74) is 3.93. The van der Waals surface area contributed by atoms with Gasteiger partial charge in [0, 0.05) is 36.0 Å². The van der Waals surface area contributed by atoms with Gasteiger partial charge in [-0.2, -0.15) is 12.1 Å². The van der Waals surface area contributed by atoms with E-state index in [0.717, 1.165) is 35.1 Å². The second-order valence-corrected chi connectivity index (χ2v) is 9.00. The zero-order chi connectivity index (χ0) is 26.0. The maximum absolute atomic E-state index is 12.3. The number of phenolic OH excluding ortho intramolecular Hbond substituents is 2. The van der Waals surface area contributed by atoms with E-state index in [4.69, 9.17) is 0 Å². The Hall–Kier alpha value is -3.86. The molecule has 2 amide bonds. The topological polar surface area (TPSA) is 77.8 Å². The second kappa shape index (κ2) is 14.2. The Morgan fingerprint density at radius 1 is 0.816 bits per heavy atom. The molecule has 0 bridgehead atoms. The molecule has 4 aromatic carbocycles. The number of hydrogen-bond acceptors (Lipinski definition) is 4. The van der Waals surface area contributed by atoms with Crippen molar-refractivity contribution in [3.05, 3.63) is 126 Å². The molecule has 4 aromatic rings. The Kier molecular flexibility index (Phi) is 10.7. The Bertz CT molecular complexity index is 1210. The van der Waals surface area contributed by atoms with Gasteiger partial charge in [-0.3, -0.25) is 14.5 Å².